The summed E-state index contributed by atoms with van der Waals surface area (Å²) in [6.07, 6.45) is 2.43. The highest BCUT2D eigenvalue weighted by molar-refractivity contribution is 5.21. The van der Waals surface area contributed by atoms with Crippen molar-refractivity contribution in [2.24, 2.45) is 0 Å². The molecule has 2 aliphatic heterocycles. The fourth-order valence-corrected chi connectivity index (χ4v) is 4.84. The summed E-state index contributed by atoms with van der Waals surface area (Å²) >= 11 is 0. The van der Waals surface area contributed by atoms with Crippen LogP contribution in [-0.2, 0) is 11.2 Å². The van der Waals surface area contributed by atoms with Gasteiger partial charge in [-0.3, -0.25) is 9.80 Å². The molecule has 0 aromatic heterocycles. The van der Waals surface area contributed by atoms with Crippen LogP contribution in [-0.4, -0.2) is 97.9 Å². The molecule has 0 saturated carbocycles. The van der Waals surface area contributed by atoms with Crippen LogP contribution in [0.5, 0.6) is 0 Å². The van der Waals surface area contributed by atoms with E-state index in [1.54, 1.807) is 0 Å². The molecule has 1 aromatic rings. The van der Waals surface area contributed by atoms with Crippen molar-refractivity contribution in [3.63, 3.8) is 0 Å². The predicted octanol–water partition coefficient (Wildman–Crippen LogP) is 4.05. The van der Waals surface area contributed by atoms with Crippen molar-refractivity contribution in [3.05, 3.63) is 35.4 Å². The Kier molecular flexibility index (Phi) is 11.8. The Balaban J connectivity index is 0.00000187. The largest absolute Gasteiger partial charge is 0.378 e. The predicted molar refractivity (Wildman–Crippen MR) is 142 cm³/mol. The molecule has 2 heterocycles. The summed E-state index contributed by atoms with van der Waals surface area (Å²) in [4.78, 5) is 7.82. The Bertz CT molecular complexity index is 644. The quantitative estimate of drug-likeness (QED) is 0.569. The van der Waals surface area contributed by atoms with E-state index in [2.05, 4.69) is 78.9 Å². The number of rotatable bonds is 10. The van der Waals surface area contributed by atoms with Crippen molar-refractivity contribution >= 4 is 0 Å². The van der Waals surface area contributed by atoms with E-state index in [1.807, 2.05) is 13.8 Å². The van der Waals surface area contributed by atoms with Gasteiger partial charge in [-0.05, 0) is 59.6 Å². The normalized spacial score (nSPS) is 19.2. The van der Waals surface area contributed by atoms with E-state index in [0.717, 1.165) is 52.5 Å². The highest BCUT2D eigenvalue weighted by atomic mass is 16.5. The Labute approximate surface area is 204 Å². The monoisotopic (exact) mass is 460 g/mol. The summed E-state index contributed by atoms with van der Waals surface area (Å²) in [7, 11) is 0. The van der Waals surface area contributed by atoms with Crippen LogP contribution in [0.2, 0.25) is 0 Å². The van der Waals surface area contributed by atoms with Crippen molar-refractivity contribution in [1.29, 1.82) is 0 Å². The molecule has 0 atom stereocenters. The lowest BCUT2D eigenvalue weighted by atomic mass is 10.0. The molecule has 0 radical (unpaired) electrons. The molecular weight excluding hydrogens is 408 g/mol. The maximum Gasteiger partial charge on any atom is 0.0645 e. The summed E-state index contributed by atoms with van der Waals surface area (Å²) in [6.45, 7) is 27.3. The number of hydrogen-bond donors (Lipinski definition) is 1. The summed E-state index contributed by atoms with van der Waals surface area (Å²) < 4.78 is 6.30. The third-order valence-corrected chi connectivity index (χ3v) is 7.17. The zero-order valence-electron chi connectivity index (χ0n) is 22.8. The van der Waals surface area contributed by atoms with E-state index < -0.39 is 0 Å². The van der Waals surface area contributed by atoms with Gasteiger partial charge in [0.25, 0.3) is 0 Å². The number of benzene rings is 1. The number of hydrogen-bond acceptors (Lipinski definition) is 5. The molecule has 0 amide bonds. The van der Waals surface area contributed by atoms with Gasteiger partial charge in [-0.2, -0.15) is 0 Å². The standard InChI is InChI=1S/C26H46N4O.C2H6/c1-23-8-10-24(11-9-23)7-6-14-28-17-19-30(20-18-28)26(4,5)22-31-21-25(2,3)29-15-12-27-13-16-29;1-2/h8-11,27H,6-7,12-22H2,1-5H3;1-2H3. The Morgan fingerprint density at radius 2 is 1.30 bits per heavy atom. The molecule has 0 unspecified atom stereocenters. The average molecular weight is 461 g/mol. The van der Waals surface area contributed by atoms with Crippen LogP contribution in [0.3, 0.4) is 0 Å². The third kappa shape index (κ3) is 9.29. The highest BCUT2D eigenvalue weighted by Crippen LogP contribution is 2.21. The van der Waals surface area contributed by atoms with E-state index in [-0.39, 0.29) is 11.1 Å². The molecule has 1 N–H and O–H groups in total. The van der Waals surface area contributed by atoms with E-state index in [0.29, 0.717) is 0 Å². The van der Waals surface area contributed by atoms with Gasteiger partial charge in [-0.15, -0.1) is 0 Å². The molecule has 2 saturated heterocycles. The second-order valence-electron chi connectivity index (χ2n) is 10.8. The van der Waals surface area contributed by atoms with Crippen LogP contribution >= 0.6 is 0 Å². The molecular formula is C28H52N4O. The Hall–Kier alpha value is -0.980. The lowest BCUT2D eigenvalue weighted by Gasteiger charge is -2.45. The first-order valence-electron chi connectivity index (χ1n) is 13.3. The first kappa shape index (κ1) is 28.3. The minimum absolute atomic E-state index is 0.0908. The molecule has 0 aliphatic carbocycles. The van der Waals surface area contributed by atoms with Gasteiger partial charge < -0.3 is 15.0 Å². The van der Waals surface area contributed by atoms with Crippen LogP contribution < -0.4 is 5.32 Å². The number of piperazine rings is 2. The fourth-order valence-electron chi connectivity index (χ4n) is 4.84. The highest BCUT2D eigenvalue weighted by Gasteiger charge is 2.32. The Morgan fingerprint density at radius 3 is 1.85 bits per heavy atom. The van der Waals surface area contributed by atoms with Gasteiger partial charge in [0.05, 0.1) is 13.2 Å². The van der Waals surface area contributed by atoms with Crippen molar-refractivity contribution < 1.29 is 4.74 Å². The van der Waals surface area contributed by atoms with E-state index >= 15 is 0 Å². The van der Waals surface area contributed by atoms with Gasteiger partial charge in [0.15, 0.2) is 0 Å². The molecule has 2 aliphatic rings. The molecule has 33 heavy (non-hydrogen) atoms. The average Bonchev–Trinajstić information content (AvgIpc) is 2.82. The van der Waals surface area contributed by atoms with Gasteiger partial charge in [0.2, 0.25) is 0 Å². The van der Waals surface area contributed by atoms with Gasteiger partial charge in [0, 0.05) is 63.4 Å². The second-order valence-corrected chi connectivity index (χ2v) is 10.8. The maximum atomic E-state index is 6.30. The smallest absolute Gasteiger partial charge is 0.0645 e. The number of nitrogens with zero attached hydrogens (tertiary/aromatic N) is 3. The summed E-state index contributed by atoms with van der Waals surface area (Å²) in [5.41, 5.74) is 3.01. The van der Waals surface area contributed by atoms with Gasteiger partial charge in [-0.1, -0.05) is 43.7 Å². The molecule has 190 valence electrons. The van der Waals surface area contributed by atoms with Crippen molar-refractivity contribution in [2.45, 2.75) is 72.4 Å². The minimum Gasteiger partial charge on any atom is -0.378 e. The zero-order chi connectivity index (χ0) is 24.3. The summed E-state index contributed by atoms with van der Waals surface area (Å²) in [6, 6.07) is 9.00. The molecule has 0 spiro atoms. The van der Waals surface area contributed by atoms with Crippen LogP contribution in [0.15, 0.2) is 24.3 Å². The van der Waals surface area contributed by atoms with Crippen molar-refractivity contribution in [2.75, 3.05) is 72.1 Å². The third-order valence-electron chi connectivity index (χ3n) is 7.17. The second kappa shape index (κ2) is 13.8. The lowest BCUT2D eigenvalue weighted by Crippen LogP contribution is -2.58. The number of nitrogens with one attached hydrogen (secondary N) is 1. The van der Waals surface area contributed by atoms with Crippen LogP contribution in [0.4, 0.5) is 0 Å². The molecule has 1 aromatic carbocycles. The molecule has 5 heteroatoms. The first-order valence-corrected chi connectivity index (χ1v) is 13.3. The fraction of sp³-hybridized carbons (Fsp3) is 0.786. The number of aryl methyl sites for hydroxylation is 2. The lowest BCUT2D eigenvalue weighted by molar-refractivity contribution is -0.0475. The van der Waals surface area contributed by atoms with E-state index in [9.17, 15) is 0 Å². The molecule has 3 rings (SSSR count). The molecule has 0 bridgehead atoms. The molecule has 5 nitrogen and oxygen atoms in total. The first-order chi connectivity index (χ1) is 15.8. The number of ether oxygens (including phenoxy) is 1. The Morgan fingerprint density at radius 1 is 0.788 bits per heavy atom. The van der Waals surface area contributed by atoms with Gasteiger partial charge in [0.1, 0.15) is 0 Å². The van der Waals surface area contributed by atoms with Crippen molar-refractivity contribution in [1.82, 2.24) is 20.0 Å². The van der Waals surface area contributed by atoms with Crippen molar-refractivity contribution in [3.8, 4) is 0 Å². The van der Waals surface area contributed by atoms with E-state index in [1.165, 1.54) is 43.6 Å². The summed E-state index contributed by atoms with van der Waals surface area (Å²) in [5.74, 6) is 0. The topological polar surface area (TPSA) is 31.0 Å². The SMILES string of the molecule is CC.Cc1ccc(CCCN2CCN(C(C)(C)COCC(C)(C)N3CCNCC3)CC2)cc1. The zero-order valence-corrected chi connectivity index (χ0v) is 22.8. The van der Waals surface area contributed by atoms with Crippen LogP contribution in [0.25, 0.3) is 0 Å². The van der Waals surface area contributed by atoms with E-state index in [4.69, 9.17) is 4.74 Å². The van der Waals surface area contributed by atoms with Crippen LogP contribution in [0, 0.1) is 6.92 Å². The molecule has 2 fully saturated rings. The maximum absolute atomic E-state index is 6.30. The minimum atomic E-state index is 0.0908. The van der Waals surface area contributed by atoms with Crippen LogP contribution in [0.1, 0.15) is 59.1 Å². The van der Waals surface area contributed by atoms with Gasteiger partial charge >= 0.3 is 0 Å². The summed E-state index contributed by atoms with van der Waals surface area (Å²) in [5, 5.41) is 3.44. The van der Waals surface area contributed by atoms with Gasteiger partial charge in [-0.25, -0.2) is 0 Å².